The number of ether oxygens (including phenoxy) is 1. The van der Waals surface area contributed by atoms with Crippen LogP contribution < -0.4 is 16.0 Å². The van der Waals surface area contributed by atoms with Crippen molar-refractivity contribution in [1.82, 2.24) is 25.5 Å². The number of aromatic nitrogens is 2. The molecule has 1 aromatic rings. The fraction of sp³-hybridized carbons (Fsp3) is 0.737. The maximum Gasteiger partial charge on any atom is 0.408 e. The minimum atomic E-state index is -0.516. The van der Waals surface area contributed by atoms with E-state index in [2.05, 4.69) is 39.8 Å². The molecule has 0 saturated carbocycles. The molecule has 8 nitrogen and oxygen atoms in total. The van der Waals surface area contributed by atoms with Crippen LogP contribution in [0.2, 0.25) is 0 Å². The third-order valence-electron chi connectivity index (χ3n) is 4.38. The highest BCUT2D eigenvalue weighted by atomic mass is 127. The molecule has 28 heavy (non-hydrogen) atoms. The summed E-state index contributed by atoms with van der Waals surface area (Å²) in [4.78, 5) is 20.5. The standard InChI is InChI=1S/C19H36N6O2.HI/c1-7-19(8-2,24-17(26)27-18(3,4)5)14-23-16(20-6)22-10-9-12-25-13-11-21-15-25;/h11,13,15H,7-10,12,14H2,1-6H3,(H,24,26)(H2,20,22,23);1H. The van der Waals surface area contributed by atoms with E-state index in [9.17, 15) is 4.79 Å². The van der Waals surface area contributed by atoms with Gasteiger partial charge in [0.25, 0.3) is 0 Å². The number of hydrogen-bond acceptors (Lipinski definition) is 4. The van der Waals surface area contributed by atoms with Gasteiger partial charge in [-0.05, 0) is 40.0 Å². The van der Waals surface area contributed by atoms with Crippen molar-refractivity contribution in [2.24, 2.45) is 4.99 Å². The van der Waals surface area contributed by atoms with Crippen LogP contribution in [0.5, 0.6) is 0 Å². The summed E-state index contributed by atoms with van der Waals surface area (Å²) < 4.78 is 7.46. The molecule has 3 N–H and O–H groups in total. The molecule has 0 aliphatic carbocycles. The molecule has 0 aliphatic heterocycles. The van der Waals surface area contributed by atoms with Gasteiger partial charge in [0, 0.05) is 39.1 Å². The zero-order valence-electron chi connectivity index (χ0n) is 18.0. The van der Waals surface area contributed by atoms with Crippen LogP contribution in [0, 0.1) is 0 Å². The van der Waals surface area contributed by atoms with Crippen LogP contribution in [0.4, 0.5) is 4.79 Å². The van der Waals surface area contributed by atoms with Crippen molar-refractivity contribution in [2.75, 3.05) is 20.1 Å². The highest BCUT2D eigenvalue weighted by molar-refractivity contribution is 14.0. The van der Waals surface area contributed by atoms with E-state index in [4.69, 9.17) is 4.74 Å². The molecule has 0 fully saturated rings. The van der Waals surface area contributed by atoms with Crippen LogP contribution >= 0.6 is 24.0 Å². The average Bonchev–Trinajstić information content (AvgIpc) is 3.11. The van der Waals surface area contributed by atoms with Crippen LogP contribution in [-0.2, 0) is 11.3 Å². The largest absolute Gasteiger partial charge is 0.444 e. The first-order valence-electron chi connectivity index (χ1n) is 9.65. The molecule has 1 rings (SSSR count). The summed E-state index contributed by atoms with van der Waals surface area (Å²) in [7, 11) is 1.74. The molecule has 1 heterocycles. The van der Waals surface area contributed by atoms with Gasteiger partial charge in [-0.15, -0.1) is 24.0 Å². The molecule has 0 saturated heterocycles. The summed E-state index contributed by atoms with van der Waals surface area (Å²) in [5, 5.41) is 9.66. The number of amides is 1. The van der Waals surface area contributed by atoms with Crippen molar-refractivity contribution in [3.8, 4) is 0 Å². The molecule has 0 unspecified atom stereocenters. The van der Waals surface area contributed by atoms with E-state index in [0.717, 1.165) is 38.3 Å². The molecule has 0 spiro atoms. The fourth-order valence-corrected chi connectivity index (χ4v) is 2.60. The van der Waals surface area contributed by atoms with Crippen molar-refractivity contribution in [2.45, 2.75) is 71.6 Å². The summed E-state index contributed by atoms with van der Waals surface area (Å²) >= 11 is 0. The Hall–Kier alpha value is -1.52. The van der Waals surface area contributed by atoms with E-state index >= 15 is 0 Å². The highest BCUT2D eigenvalue weighted by Crippen LogP contribution is 2.16. The van der Waals surface area contributed by atoms with E-state index < -0.39 is 17.2 Å². The van der Waals surface area contributed by atoms with Crippen LogP contribution in [0.25, 0.3) is 0 Å². The molecule has 1 aromatic heterocycles. The number of imidazole rings is 1. The first kappa shape index (κ1) is 26.5. The van der Waals surface area contributed by atoms with Crippen LogP contribution in [0.15, 0.2) is 23.7 Å². The lowest BCUT2D eigenvalue weighted by Crippen LogP contribution is -2.57. The number of carbonyl (C=O) groups is 1. The maximum atomic E-state index is 12.2. The molecule has 0 radical (unpaired) electrons. The van der Waals surface area contributed by atoms with Gasteiger partial charge >= 0.3 is 6.09 Å². The number of carbonyl (C=O) groups excluding carboxylic acids is 1. The molecule has 0 aliphatic rings. The predicted molar refractivity (Wildman–Crippen MR) is 124 cm³/mol. The molecule has 0 aromatic carbocycles. The van der Waals surface area contributed by atoms with E-state index in [1.54, 1.807) is 13.2 Å². The minimum absolute atomic E-state index is 0. The summed E-state index contributed by atoms with van der Waals surface area (Å²) in [5.74, 6) is 0.720. The maximum absolute atomic E-state index is 12.2. The third kappa shape index (κ3) is 10.1. The number of alkyl carbamates (subject to hydrolysis) is 1. The zero-order chi connectivity index (χ0) is 20.3. The van der Waals surface area contributed by atoms with Crippen molar-refractivity contribution in [1.29, 1.82) is 0 Å². The summed E-state index contributed by atoms with van der Waals surface area (Å²) in [6.45, 7) is 12.0. The highest BCUT2D eigenvalue weighted by Gasteiger charge is 2.30. The normalized spacial score (nSPS) is 12.1. The predicted octanol–water partition coefficient (Wildman–Crippen LogP) is 3.14. The molecule has 1 amide bonds. The minimum Gasteiger partial charge on any atom is -0.444 e. The lowest BCUT2D eigenvalue weighted by molar-refractivity contribution is 0.0448. The lowest BCUT2D eigenvalue weighted by atomic mass is 9.93. The Labute approximate surface area is 186 Å². The van der Waals surface area contributed by atoms with Crippen molar-refractivity contribution in [3.05, 3.63) is 18.7 Å². The third-order valence-corrected chi connectivity index (χ3v) is 4.38. The average molecular weight is 508 g/mol. The van der Waals surface area contributed by atoms with Gasteiger partial charge in [-0.25, -0.2) is 9.78 Å². The topological polar surface area (TPSA) is 92.6 Å². The van der Waals surface area contributed by atoms with Crippen molar-refractivity contribution in [3.63, 3.8) is 0 Å². The van der Waals surface area contributed by atoms with Gasteiger partial charge in [-0.1, -0.05) is 13.8 Å². The van der Waals surface area contributed by atoms with E-state index in [1.165, 1.54) is 0 Å². The number of aryl methyl sites for hydroxylation is 1. The Morgan fingerprint density at radius 2 is 1.89 bits per heavy atom. The molecule has 0 bridgehead atoms. The zero-order valence-corrected chi connectivity index (χ0v) is 20.4. The SMILES string of the molecule is CCC(CC)(CNC(=NC)NCCCn1ccnc1)NC(=O)OC(C)(C)C.I. The number of hydrogen-bond donors (Lipinski definition) is 3. The summed E-state index contributed by atoms with van der Waals surface area (Å²) in [6.07, 6.45) is 7.68. The Morgan fingerprint density at radius 3 is 2.39 bits per heavy atom. The number of nitrogens with one attached hydrogen (secondary N) is 3. The summed E-state index contributed by atoms with van der Waals surface area (Å²) in [6, 6.07) is 0. The molecular weight excluding hydrogens is 471 g/mol. The molecule has 0 atom stereocenters. The molecule has 9 heteroatoms. The Kier molecular flexibility index (Phi) is 12.1. The van der Waals surface area contributed by atoms with Gasteiger partial charge in [-0.3, -0.25) is 4.99 Å². The van der Waals surface area contributed by atoms with E-state index in [0.29, 0.717) is 6.54 Å². The van der Waals surface area contributed by atoms with Gasteiger partial charge in [0.15, 0.2) is 5.96 Å². The van der Waals surface area contributed by atoms with E-state index in [1.807, 2.05) is 37.9 Å². The number of rotatable bonds is 9. The quantitative estimate of drug-likeness (QED) is 0.206. The van der Waals surface area contributed by atoms with Gasteiger partial charge < -0.3 is 25.3 Å². The monoisotopic (exact) mass is 508 g/mol. The van der Waals surface area contributed by atoms with Gasteiger partial charge in [0.1, 0.15) is 5.60 Å². The fourth-order valence-electron chi connectivity index (χ4n) is 2.60. The van der Waals surface area contributed by atoms with Crippen molar-refractivity contribution >= 4 is 36.0 Å². The summed E-state index contributed by atoms with van der Waals surface area (Å²) in [5.41, 5.74) is -0.908. The molecular formula is C19H37IN6O2. The number of guanidine groups is 1. The van der Waals surface area contributed by atoms with Gasteiger partial charge in [0.05, 0.1) is 11.9 Å². The second kappa shape index (κ2) is 12.8. The second-order valence-corrected chi connectivity index (χ2v) is 7.62. The second-order valence-electron chi connectivity index (χ2n) is 7.62. The van der Waals surface area contributed by atoms with Crippen molar-refractivity contribution < 1.29 is 9.53 Å². The Bertz CT molecular complexity index is 580. The van der Waals surface area contributed by atoms with Crippen LogP contribution in [0.1, 0.15) is 53.9 Å². The number of aliphatic imine (C=N–C) groups is 1. The Morgan fingerprint density at radius 1 is 1.21 bits per heavy atom. The Balaban J connectivity index is 0.00000729. The van der Waals surface area contributed by atoms with Crippen LogP contribution in [-0.4, -0.2) is 52.9 Å². The molecule has 162 valence electrons. The number of halogens is 1. The van der Waals surface area contributed by atoms with E-state index in [-0.39, 0.29) is 24.0 Å². The number of nitrogens with zero attached hydrogens (tertiary/aromatic N) is 3. The van der Waals surface area contributed by atoms with Crippen LogP contribution in [0.3, 0.4) is 0 Å². The lowest BCUT2D eigenvalue weighted by Gasteiger charge is -2.34. The first-order chi connectivity index (χ1) is 12.7. The van der Waals surface area contributed by atoms with Gasteiger partial charge in [0.2, 0.25) is 0 Å². The van der Waals surface area contributed by atoms with Gasteiger partial charge in [-0.2, -0.15) is 0 Å². The first-order valence-corrected chi connectivity index (χ1v) is 9.65. The smallest absolute Gasteiger partial charge is 0.408 e.